The van der Waals surface area contributed by atoms with E-state index in [0.717, 1.165) is 0 Å². The molecule has 1 atom stereocenters. The zero-order valence-corrected chi connectivity index (χ0v) is 10.1. The van der Waals surface area contributed by atoms with Gasteiger partial charge in [0.2, 0.25) is 0 Å². The van der Waals surface area contributed by atoms with Crippen LogP contribution in [-0.2, 0) is 0 Å². The molecule has 1 rings (SSSR count). The Morgan fingerprint density at radius 1 is 1.06 bits per heavy atom. The van der Waals surface area contributed by atoms with Crippen LogP contribution >= 0.6 is 0 Å². The second-order valence-electron chi connectivity index (χ2n) is 5.08. The molecule has 1 nitrogen and oxygen atoms in total. The number of benzene rings is 1. The minimum absolute atomic E-state index is 0.284. The minimum Gasteiger partial charge on any atom is -0.377 e. The van der Waals surface area contributed by atoms with Crippen molar-refractivity contribution in [1.29, 1.82) is 0 Å². The highest BCUT2D eigenvalue weighted by molar-refractivity contribution is 5.36. The fraction of sp³-hybridized carbons (Fsp3) is 0.429. The third kappa shape index (κ3) is 3.08. The smallest absolute Gasteiger partial charge is 0.127 e. The van der Waals surface area contributed by atoms with E-state index in [1.54, 1.807) is 19.1 Å². The maximum Gasteiger partial charge on any atom is 0.127 e. The number of rotatable bonds is 0. The maximum absolute atomic E-state index is 12.7. The predicted molar refractivity (Wildman–Crippen MR) is 63.4 cm³/mol. The molecule has 0 saturated heterocycles. The summed E-state index contributed by atoms with van der Waals surface area (Å²) in [4.78, 5) is 0. The summed E-state index contributed by atoms with van der Waals surface area (Å²) in [5, 5.41) is 10.1. The highest BCUT2D eigenvalue weighted by Gasteiger charge is 2.33. The second-order valence-corrected chi connectivity index (χ2v) is 5.08. The molecule has 0 fully saturated rings. The van der Waals surface area contributed by atoms with E-state index in [-0.39, 0.29) is 11.2 Å². The van der Waals surface area contributed by atoms with Crippen molar-refractivity contribution >= 4 is 0 Å². The van der Waals surface area contributed by atoms with Crippen molar-refractivity contribution in [2.45, 2.75) is 33.3 Å². The number of halogens is 1. The summed E-state index contributed by atoms with van der Waals surface area (Å²) in [7, 11) is 0. The van der Waals surface area contributed by atoms with Gasteiger partial charge in [0.25, 0.3) is 0 Å². The lowest BCUT2D eigenvalue weighted by atomic mass is 9.78. The molecule has 0 saturated carbocycles. The molecule has 2 heteroatoms. The molecule has 1 N–H and O–H groups in total. The van der Waals surface area contributed by atoms with Crippen molar-refractivity contribution in [3.8, 4) is 11.8 Å². The first-order chi connectivity index (χ1) is 7.22. The number of hydrogen-bond donors (Lipinski definition) is 1. The Labute approximate surface area is 96.3 Å². The molecule has 0 aliphatic carbocycles. The molecule has 16 heavy (non-hydrogen) atoms. The third-order valence-corrected chi connectivity index (χ3v) is 2.75. The van der Waals surface area contributed by atoms with E-state index < -0.39 is 5.60 Å². The molecule has 0 aromatic heterocycles. The van der Waals surface area contributed by atoms with Crippen LogP contribution in [0.2, 0.25) is 0 Å². The van der Waals surface area contributed by atoms with Gasteiger partial charge in [-0.25, -0.2) is 4.39 Å². The molecule has 86 valence electrons. The van der Waals surface area contributed by atoms with Gasteiger partial charge in [-0.2, -0.15) is 0 Å². The van der Waals surface area contributed by atoms with Crippen molar-refractivity contribution in [1.82, 2.24) is 0 Å². The lowest BCUT2D eigenvalue weighted by Gasteiger charge is -2.32. The summed E-state index contributed by atoms with van der Waals surface area (Å²) in [6, 6.07) is 5.91. The van der Waals surface area contributed by atoms with E-state index >= 15 is 0 Å². The first kappa shape index (κ1) is 12.7. The normalized spacial score (nSPS) is 14.9. The van der Waals surface area contributed by atoms with E-state index in [9.17, 15) is 9.50 Å². The van der Waals surface area contributed by atoms with Crippen LogP contribution in [0.3, 0.4) is 0 Å². The van der Waals surface area contributed by atoms with Gasteiger partial charge < -0.3 is 5.11 Å². The van der Waals surface area contributed by atoms with Gasteiger partial charge in [0.1, 0.15) is 11.4 Å². The highest BCUT2D eigenvalue weighted by atomic mass is 19.1. The number of hydrogen-bond acceptors (Lipinski definition) is 1. The van der Waals surface area contributed by atoms with Gasteiger partial charge >= 0.3 is 0 Å². The van der Waals surface area contributed by atoms with Crippen molar-refractivity contribution < 1.29 is 9.50 Å². The molecule has 0 amide bonds. The first-order valence-electron chi connectivity index (χ1n) is 5.23. The van der Waals surface area contributed by atoms with Crippen LogP contribution in [-0.4, -0.2) is 10.7 Å². The van der Waals surface area contributed by atoms with E-state index in [2.05, 4.69) is 11.8 Å². The van der Waals surface area contributed by atoms with Gasteiger partial charge in [-0.1, -0.05) is 32.6 Å². The average molecular weight is 220 g/mol. The first-order valence-corrected chi connectivity index (χ1v) is 5.23. The Hall–Kier alpha value is -1.33. The zero-order chi connectivity index (χ0) is 12.4. The van der Waals surface area contributed by atoms with Gasteiger partial charge in [-0.05, 0) is 31.2 Å². The molecule has 1 aromatic carbocycles. The summed E-state index contributed by atoms with van der Waals surface area (Å²) < 4.78 is 12.7. The monoisotopic (exact) mass is 220 g/mol. The Morgan fingerprint density at radius 2 is 1.56 bits per heavy atom. The van der Waals surface area contributed by atoms with Crippen molar-refractivity contribution in [2.75, 3.05) is 0 Å². The van der Waals surface area contributed by atoms with Crippen LogP contribution < -0.4 is 0 Å². The molecule has 0 radical (unpaired) electrons. The summed E-state index contributed by atoms with van der Waals surface area (Å²) in [6.45, 7) is 7.45. The predicted octanol–water partition coefficient (Wildman–Crippen LogP) is 2.97. The van der Waals surface area contributed by atoms with Gasteiger partial charge in [-0.15, -0.1) is 0 Å². The van der Waals surface area contributed by atoms with Crippen LogP contribution in [0.25, 0.3) is 0 Å². The van der Waals surface area contributed by atoms with E-state index in [4.69, 9.17) is 0 Å². The summed E-state index contributed by atoms with van der Waals surface area (Å²) in [5.74, 6) is 5.39. The third-order valence-electron chi connectivity index (χ3n) is 2.75. The van der Waals surface area contributed by atoms with E-state index in [0.29, 0.717) is 5.56 Å². The Morgan fingerprint density at radius 3 is 2.00 bits per heavy atom. The molecular weight excluding hydrogens is 203 g/mol. The lowest BCUT2D eigenvalue weighted by molar-refractivity contribution is 0.0129. The molecule has 0 bridgehead atoms. The molecular formula is C14H17FO. The Balaban J connectivity index is 2.94. The van der Waals surface area contributed by atoms with Crippen molar-refractivity contribution in [2.24, 2.45) is 5.41 Å². The quantitative estimate of drug-likeness (QED) is 0.666. The van der Waals surface area contributed by atoms with E-state index in [1.807, 2.05) is 20.8 Å². The molecule has 0 aliphatic heterocycles. The Kier molecular flexibility index (Phi) is 3.40. The largest absolute Gasteiger partial charge is 0.377 e. The molecule has 0 aliphatic rings. The number of aliphatic hydroxyl groups is 1. The standard InChI is InChI=1S/C14H17FO/c1-13(2,3)14(4,16)10-9-11-5-7-12(15)8-6-11/h5-8,16H,1-4H3. The molecule has 1 unspecified atom stereocenters. The topological polar surface area (TPSA) is 20.2 Å². The summed E-state index contributed by atoms with van der Waals surface area (Å²) in [6.07, 6.45) is 0. The van der Waals surface area contributed by atoms with Crippen molar-refractivity contribution in [3.05, 3.63) is 35.6 Å². The van der Waals surface area contributed by atoms with Crippen LogP contribution in [0, 0.1) is 23.1 Å². The maximum atomic E-state index is 12.7. The van der Waals surface area contributed by atoms with Crippen molar-refractivity contribution in [3.63, 3.8) is 0 Å². The van der Waals surface area contributed by atoms with Gasteiger partial charge in [0.05, 0.1) is 0 Å². The van der Waals surface area contributed by atoms with Crippen LogP contribution in [0.5, 0.6) is 0 Å². The fourth-order valence-electron chi connectivity index (χ4n) is 0.915. The van der Waals surface area contributed by atoms with Gasteiger partial charge in [0.15, 0.2) is 0 Å². The molecule has 0 heterocycles. The van der Waals surface area contributed by atoms with Crippen LogP contribution in [0.1, 0.15) is 33.3 Å². The van der Waals surface area contributed by atoms with Gasteiger partial charge in [-0.3, -0.25) is 0 Å². The van der Waals surface area contributed by atoms with E-state index in [1.165, 1.54) is 12.1 Å². The Bertz CT molecular complexity index is 413. The summed E-state index contributed by atoms with van der Waals surface area (Å²) in [5.41, 5.74) is -0.688. The SMILES string of the molecule is CC(C)(C)C(C)(O)C#Cc1ccc(F)cc1. The lowest BCUT2D eigenvalue weighted by Crippen LogP contribution is -2.38. The zero-order valence-electron chi connectivity index (χ0n) is 10.1. The fourth-order valence-corrected chi connectivity index (χ4v) is 0.915. The van der Waals surface area contributed by atoms with Crippen LogP contribution in [0.4, 0.5) is 4.39 Å². The van der Waals surface area contributed by atoms with Gasteiger partial charge in [0, 0.05) is 11.0 Å². The second kappa shape index (κ2) is 4.27. The molecule has 1 aromatic rings. The summed E-state index contributed by atoms with van der Waals surface area (Å²) >= 11 is 0. The average Bonchev–Trinajstić information content (AvgIpc) is 2.15. The highest BCUT2D eigenvalue weighted by Crippen LogP contribution is 2.29. The van der Waals surface area contributed by atoms with Crippen LogP contribution in [0.15, 0.2) is 24.3 Å². The minimum atomic E-state index is -1.07. The molecule has 0 spiro atoms.